The first-order chi connectivity index (χ1) is 21.9. The van der Waals surface area contributed by atoms with Gasteiger partial charge in [0.15, 0.2) is 30.5 Å². The van der Waals surface area contributed by atoms with E-state index in [9.17, 15) is 28.8 Å². The lowest BCUT2D eigenvalue weighted by molar-refractivity contribution is -0.181. The Hall–Kier alpha value is -4.06. The molecule has 2 rings (SSSR count). The van der Waals surface area contributed by atoms with Crippen molar-refractivity contribution in [2.24, 2.45) is 0 Å². The van der Waals surface area contributed by atoms with Crippen molar-refractivity contribution < 1.29 is 61.9 Å². The van der Waals surface area contributed by atoms with Crippen molar-refractivity contribution in [1.82, 2.24) is 13.6 Å². The molecule has 1 aliphatic heterocycles. The van der Waals surface area contributed by atoms with Gasteiger partial charge in [-0.1, -0.05) is 0 Å². The minimum Gasteiger partial charge on any atom is -0.470 e. The molecule has 18 heteroatoms. The third-order valence-corrected chi connectivity index (χ3v) is 7.02. The van der Waals surface area contributed by atoms with Crippen LogP contribution in [0.5, 0.6) is 5.88 Å². The number of anilines is 1. The molecule has 2 heterocycles. The third kappa shape index (κ3) is 12.6. The SMILES string of the molecule is CC(=O)O[C@@H](C)C(=O)O[C@@H](C)C(=O)O[C@H](COc1nsnc1N1CCOCC1)CN(C(=O)[C@H](C)OC(=O)[C@H](C)OC(C)=O)C(C)(C)C. The number of morpholine rings is 1. The lowest BCUT2D eigenvalue weighted by Gasteiger charge is -2.39. The van der Waals surface area contributed by atoms with Crippen LogP contribution < -0.4 is 9.64 Å². The second-order valence-corrected chi connectivity index (χ2v) is 12.2. The lowest BCUT2D eigenvalue weighted by atomic mass is 10.0. The summed E-state index contributed by atoms with van der Waals surface area (Å²) >= 11 is 0.929. The van der Waals surface area contributed by atoms with Gasteiger partial charge in [0.2, 0.25) is 5.82 Å². The zero-order valence-corrected chi connectivity index (χ0v) is 29.0. The van der Waals surface area contributed by atoms with Crippen molar-refractivity contribution in [1.29, 1.82) is 0 Å². The molecule has 1 aromatic heterocycles. The predicted octanol–water partition coefficient (Wildman–Crippen LogP) is 1.06. The van der Waals surface area contributed by atoms with Crippen LogP contribution in [0.3, 0.4) is 0 Å². The van der Waals surface area contributed by atoms with Crippen LogP contribution in [0, 0.1) is 0 Å². The number of carbonyl (C=O) groups is 6. The maximum Gasteiger partial charge on any atom is 0.347 e. The van der Waals surface area contributed by atoms with Crippen LogP contribution in [0.25, 0.3) is 0 Å². The van der Waals surface area contributed by atoms with E-state index in [1.165, 1.54) is 32.6 Å². The van der Waals surface area contributed by atoms with Crippen molar-refractivity contribution in [3.63, 3.8) is 0 Å². The molecule has 0 bridgehead atoms. The first kappa shape index (κ1) is 39.1. The molecular formula is C29H44N4O13S. The first-order valence-corrected chi connectivity index (χ1v) is 15.7. The maximum atomic E-state index is 13.6. The van der Waals surface area contributed by atoms with Gasteiger partial charge in [0.25, 0.3) is 11.8 Å². The van der Waals surface area contributed by atoms with E-state index in [1.54, 1.807) is 20.8 Å². The minimum atomic E-state index is -1.42. The van der Waals surface area contributed by atoms with Crippen LogP contribution in [0.2, 0.25) is 0 Å². The highest BCUT2D eigenvalue weighted by Gasteiger charge is 2.37. The Morgan fingerprint density at radius 1 is 0.787 bits per heavy atom. The molecule has 1 saturated heterocycles. The number of rotatable bonds is 15. The zero-order valence-electron chi connectivity index (χ0n) is 28.1. The topological polar surface area (TPSA) is 199 Å². The van der Waals surface area contributed by atoms with E-state index in [0.717, 1.165) is 25.6 Å². The number of carbonyl (C=O) groups excluding carboxylic acids is 6. The average Bonchev–Trinajstić information content (AvgIpc) is 3.45. The fourth-order valence-electron chi connectivity index (χ4n) is 4.14. The summed E-state index contributed by atoms with van der Waals surface area (Å²) < 4.78 is 45.6. The fraction of sp³-hybridized carbons (Fsp3) is 0.724. The van der Waals surface area contributed by atoms with Gasteiger partial charge < -0.3 is 43.0 Å². The second kappa shape index (κ2) is 17.7. The fourth-order valence-corrected chi connectivity index (χ4v) is 4.66. The molecule has 0 N–H and O–H groups in total. The van der Waals surface area contributed by atoms with Crippen molar-refractivity contribution in [2.75, 3.05) is 44.4 Å². The Morgan fingerprint density at radius 2 is 1.28 bits per heavy atom. The monoisotopic (exact) mass is 688 g/mol. The summed E-state index contributed by atoms with van der Waals surface area (Å²) in [5.74, 6) is -4.23. The maximum absolute atomic E-state index is 13.6. The van der Waals surface area contributed by atoms with E-state index >= 15 is 0 Å². The predicted molar refractivity (Wildman–Crippen MR) is 163 cm³/mol. The van der Waals surface area contributed by atoms with Crippen molar-refractivity contribution in [3.05, 3.63) is 0 Å². The number of ether oxygens (including phenoxy) is 7. The van der Waals surface area contributed by atoms with Gasteiger partial charge in [-0.3, -0.25) is 14.4 Å². The molecule has 0 saturated carbocycles. The Bertz CT molecular complexity index is 1260. The summed E-state index contributed by atoms with van der Waals surface area (Å²) in [6.07, 6.45) is -6.39. The molecule has 17 nitrogen and oxygen atoms in total. The summed E-state index contributed by atoms with van der Waals surface area (Å²) in [4.78, 5) is 77.3. The van der Waals surface area contributed by atoms with Gasteiger partial charge in [-0.2, -0.15) is 4.37 Å². The van der Waals surface area contributed by atoms with Gasteiger partial charge in [0.1, 0.15) is 6.61 Å². The molecule has 1 fully saturated rings. The van der Waals surface area contributed by atoms with Crippen LogP contribution >= 0.6 is 11.7 Å². The third-order valence-electron chi connectivity index (χ3n) is 6.52. The second-order valence-electron chi connectivity index (χ2n) is 11.6. The molecule has 5 atom stereocenters. The van der Waals surface area contributed by atoms with E-state index in [-0.39, 0.29) is 19.0 Å². The van der Waals surface area contributed by atoms with E-state index in [4.69, 9.17) is 33.2 Å². The van der Waals surface area contributed by atoms with Gasteiger partial charge in [-0.15, -0.1) is 4.37 Å². The molecule has 1 aliphatic rings. The van der Waals surface area contributed by atoms with E-state index in [1.807, 2.05) is 4.90 Å². The van der Waals surface area contributed by atoms with E-state index in [2.05, 4.69) is 8.75 Å². The normalized spacial score (nSPS) is 16.4. The van der Waals surface area contributed by atoms with Crippen LogP contribution in [0.15, 0.2) is 0 Å². The van der Waals surface area contributed by atoms with Crippen molar-refractivity contribution in [2.45, 2.75) is 98.4 Å². The van der Waals surface area contributed by atoms with Crippen LogP contribution in [-0.2, 0) is 57.2 Å². The summed E-state index contributed by atoms with van der Waals surface area (Å²) in [5.41, 5.74) is -0.886. The van der Waals surface area contributed by atoms with E-state index in [0.29, 0.717) is 32.1 Å². The quantitative estimate of drug-likeness (QED) is 0.187. The Kier molecular flexibility index (Phi) is 14.8. The molecule has 0 aromatic carbocycles. The van der Waals surface area contributed by atoms with Gasteiger partial charge in [-0.05, 0) is 48.5 Å². The summed E-state index contributed by atoms with van der Waals surface area (Å²) in [5, 5.41) is 0. The molecular weight excluding hydrogens is 644 g/mol. The highest BCUT2D eigenvalue weighted by molar-refractivity contribution is 6.99. The van der Waals surface area contributed by atoms with Gasteiger partial charge >= 0.3 is 29.8 Å². The number of amides is 1. The van der Waals surface area contributed by atoms with Crippen LogP contribution in [0.1, 0.15) is 62.3 Å². The molecule has 0 aliphatic carbocycles. The Labute approximate surface area is 277 Å². The number of esters is 5. The molecule has 1 aromatic rings. The van der Waals surface area contributed by atoms with Crippen molar-refractivity contribution >= 4 is 53.3 Å². The zero-order chi connectivity index (χ0) is 35.5. The standard InChI is InChI=1S/C29H44N4O13S/c1-16(44-26(37)17(2)42-20(5)34)25(36)33(29(7,8)9)14-22(46-28(39)19(4)45-27(38)18(3)43-21(6)35)15-41-24-23(30-47-31-24)32-10-12-40-13-11-32/h16-19,22H,10-15H2,1-9H3/t16-,17-,18-,19-,22-/m0/s1. The smallest absolute Gasteiger partial charge is 0.347 e. The largest absolute Gasteiger partial charge is 0.470 e. The molecule has 1 amide bonds. The van der Waals surface area contributed by atoms with Crippen molar-refractivity contribution in [3.8, 4) is 5.88 Å². The average molecular weight is 689 g/mol. The van der Waals surface area contributed by atoms with Gasteiger partial charge in [0.05, 0.1) is 31.5 Å². The van der Waals surface area contributed by atoms with Gasteiger partial charge in [0, 0.05) is 32.5 Å². The number of nitrogens with zero attached hydrogens (tertiary/aromatic N) is 4. The Balaban J connectivity index is 2.27. The van der Waals surface area contributed by atoms with E-state index < -0.39 is 71.8 Å². The van der Waals surface area contributed by atoms with Gasteiger partial charge in [-0.25, -0.2) is 14.4 Å². The summed E-state index contributed by atoms with van der Waals surface area (Å²) in [6.45, 7) is 14.3. The lowest BCUT2D eigenvalue weighted by Crippen LogP contribution is -2.54. The molecule has 47 heavy (non-hydrogen) atoms. The molecule has 264 valence electrons. The summed E-state index contributed by atoms with van der Waals surface area (Å²) in [7, 11) is 0. The number of hydrogen-bond acceptors (Lipinski definition) is 17. The highest BCUT2D eigenvalue weighted by atomic mass is 32.1. The highest BCUT2D eigenvalue weighted by Crippen LogP contribution is 2.27. The first-order valence-electron chi connectivity index (χ1n) is 15.0. The van der Waals surface area contributed by atoms with Crippen LogP contribution in [-0.4, -0.2) is 125 Å². The molecule has 0 unspecified atom stereocenters. The number of aromatic nitrogens is 2. The molecule has 0 radical (unpaired) electrons. The number of hydrogen-bond donors (Lipinski definition) is 0. The molecule has 0 spiro atoms. The van der Waals surface area contributed by atoms with Crippen LogP contribution in [0.4, 0.5) is 5.82 Å². The summed E-state index contributed by atoms with van der Waals surface area (Å²) in [6, 6.07) is 0. The minimum absolute atomic E-state index is 0.183. The Morgan fingerprint density at radius 3 is 1.79 bits per heavy atom.